The molecule has 0 spiro atoms. The second-order valence-corrected chi connectivity index (χ2v) is 7.93. The van der Waals surface area contributed by atoms with Crippen molar-refractivity contribution in [3.8, 4) is 5.75 Å². The molecule has 0 aromatic heterocycles. The first-order valence-electron chi connectivity index (χ1n) is 10.8. The van der Waals surface area contributed by atoms with E-state index in [1.165, 1.54) is 42.7 Å². The van der Waals surface area contributed by atoms with Crippen LogP contribution in [-0.2, 0) is 11.3 Å². The summed E-state index contributed by atoms with van der Waals surface area (Å²) in [6.07, 6.45) is 2.60. The van der Waals surface area contributed by atoms with Gasteiger partial charge in [-0.3, -0.25) is 4.90 Å². The maximum atomic E-state index is 5.45. The maximum Gasteiger partial charge on any atom is 0.118 e. The van der Waals surface area contributed by atoms with Crippen LogP contribution in [0.1, 0.15) is 30.0 Å². The number of rotatable bonds is 8. The van der Waals surface area contributed by atoms with E-state index in [1.807, 2.05) is 0 Å². The zero-order valence-corrected chi connectivity index (χ0v) is 17.5. The molecule has 2 aromatic rings. The Morgan fingerprint density at radius 2 is 1.62 bits per heavy atom. The van der Waals surface area contributed by atoms with Crippen molar-refractivity contribution in [1.29, 1.82) is 0 Å². The Morgan fingerprint density at radius 3 is 2.28 bits per heavy atom. The molecule has 0 radical (unpaired) electrons. The number of morpholine rings is 1. The lowest BCUT2D eigenvalue weighted by Gasteiger charge is -2.29. The maximum absolute atomic E-state index is 5.45. The number of hydrogen-bond acceptors (Lipinski definition) is 5. The van der Waals surface area contributed by atoms with E-state index >= 15 is 0 Å². The van der Waals surface area contributed by atoms with Gasteiger partial charge in [-0.2, -0.15) is 0 Å². The molecule has 2 heterocycles. The van der Waals surface area contributed by atoms with Gasteiger partial charge in [0.05, 0.1) is 20.3 Å². The predicted molar refractivity (Wildman–Crippen MR) is 118 cm³/mol. The van der Waals surface area contributed by atoms with Crippen LogP contribution in [0.3, 0.4) is 0 Å². The van der Waals surface area contributed by atoms with E-state index < -0.39 is 0 Å². The van der Waals surface area contributed by atoms with Gasteiger partial charge < -0.3 is 19.7 Å². The average molecular weight is 396 g/mol. The zero-order chi connectivity index (χ0) is 19.9. The van der Waals surface area contributed by atoms with Gasteiger partial charge in [0.1, 0.15) is 5.75 Å². The third-order valence-electron chi connectivity index (χ3n) is 6.06. The molecule has 5 heteroatoms. The van der Waals surface area contributed by atoms with Gasteiger partial charge in [-0.1, -0.05) is 24.3 Å². The highest BCUT2D eigenvalue weighted by molar-refractivity contribution is 5.47. The Labute approximate surface area is 174 Å². The molecule has 0 unspecified atom stereocenters. The Balaban J connectivity index is 1.34. The van der Waals surface area contributed by atoms with Gasteiger partial charge in [-0.15, -0.1) is 0 Å². The Morgan fingerprint density at radius 1 is 0.931 bits per heavy atom. The molecule has 29 heavy (non-hydrogen) atoms. The average Bonchev–Trinajstić information content (AvgIpc) is 3.32. The Kier molecular flexibility index (Phi) is 7.04. The number of ether oxygens (including phenoxy) is 2. The molecule has 2 saturated heterocycles. The van der Waals surface area contributed by atoms with E-state index in [0.717, 1.165) is 45.1 Å². The summed E-state index contributed by atoms with van der Waals surface area (Å²) in [4.78, 5) is 5.00. The molecule has 2 aliphatic rings. The molecule has 156 valence electrons. The number of nitrogens with one attached hydrogen (secondary N) is 1. The summed E-state index contributed by atoms with van der Waals surface area (Å²) in [7, 11) is 1.72. The van der Waals surface area contributed by atoms with Crippen molar-refractivity contribution in [2.75, 3.05) is 57.9 Å². The summed E-state index contributed by atoms with van der Waals surface area (Å²) < 4.78 is 10.8. The summed E-state index contributed by atoms with van der Waals surface area (Å²) in [6, 6.07) is 17.9. The lowest BCUT2D eigenvalue weighted by atomic mass is 10.0. The van der Waals surface area contributed by atoms with Crippen LogP contribution in [0.15, 0.2) is 48.5 Å². The molecule has 1 N–H and O–H groups in total. The summed E-state index contributed by atoms with van der Waals surface area (Å²) in [6.45, 7) is 7.84. The van der Waals surface area contributed by atoms with Crippen LogP contribution in [0.25, 0.3) is 0 Å². The van der Waals surface area contributed by atoms with Crippen LogP contribution < -0.4 is 15.0 Å². The van der Waals surface area contributed by atoms with Crippen LogP contribution in [0, 0.1) is 0 Å². The molecule has 1 atom stereocenters. The van der Waals surface area contributed by atoms with Gasteiger partial charge in [-0.05, 0) is 61.3 Å². The number of anilines is 1. The molecule has 0 bridgehead atoms. The highest BCUT2D eigenvalue weighted by Gasteiger charge is 2.23. The van der Waals surface area contributed by atoms with Crippen molar-refractivity contribution in [1.82, 2.24) is 10.2 Å². The minimum Gasteiger partial charge on any atom is -0.497 e. The third kappa shape index (κ3) is 5.30. The van der Waals surface area contributed by atoms with E-state index in [4.69, 9.17) is 9.47 Å². The standard InChI is InChI=1S/C24H33N3O2/c1-28-23-10-6-21(7-11-23)24(27-12-2-3-13-27)19-25-18-20-4-8-22(9-5-20)26-14-16-29-17-15-26/h4-11,24-25H,2-3,12-19H2,1H3/t24-/m0/s1. The van der Waals surface area contributed by atoms with E-state index in [9.17, 15) is 0 Å². The van der Waals surface area contributed by atoms with Crippen LogP contribution in [0.2, 0.25) is 0 Å². The highest BCUT2D eigenvalue weighted by Crippen LogP contribution is 2.26. The largest absolute Gasteiger partial charge is 0.497 e. The van der Waals surface area contributed by atoms with Gasteiger partial charge in [0.25, 0.3) is 0 Å². The van der Waals surface area contributed by atoms with Crippen molar-refractivity contribution in [3.05, 3.63) is 59.7 Å². The van der Waals surface area contributed by atoms with E-state index in [2.05, 4.69) is 63.6 Å². The molecule has 2 aliphatic heterocycles. The molecule has 5 nitrogen and oxygen atoms in total. The number of likely N-dealkylation sites (tertiary alicyclic amines) is 1. The second-order valence-electron chi connectivity index (χ2n) is 7.93. The smallest absolute Gasteiger partial charge is 0.118 e. The monoisotopic (exact) mass is 395 g/mol. The van der Waals surface area contributed by atoms with Crippen LogP contribution in [0.4, 0.5) is 5.69 Å². The number of benzene rings is 2. The summed E-state index contributed by atoms with van der Waals surface area (Å²) in [5, 5.41) is 3.70. The van der Waals surface area contributed by atoms with Crippen molar-refractivity contribution < 1.29 is 9.47 Å². The van der Waals surface area contributed by atoms with Crippen molar-refractivity contribution in [2.45, 2.75) is 25.4 Å². The molecule has 2 fully saturated rings. The van der Waals surface area contributed by atoms with Crippen molar-refractivity contribution in [2.24, 2.45) is 0 Å². The Bertz CT molecular complexity index is 736. The topological polar surface area (TPSA) is 37.0 Å². The number of nitrogens with zero attached hydrogens (tertiary/aromatic N) is 2. The number of hydrogen-bond donors (Lipinski definition) is 1. The predicted octanol–water partition coefficient (Wildman–Crippen LogP) is 3.46. The first-order chi connectivity index (χ1) is 14.3. The van der Waals surface area contributed by atoms with Crippen molar-refractivity contribution in [3.63, 3.8) is 0 Å². The van der Waals surface area contributed by atoms with Gasteiger partial charge in [0.2, 0.25) is 0 Å². The lowest BCUT2D eigenvalue weighted by molar-refractivity contribution is 0.122. The minimum atomic E-state index is 0.413. The molecular formula is C24H33N3O2. The van der Waals surface area contributed by atoms with Crippen molar-refractivity contribution >= 4 is 5.69 Å². The second kappa shape index (κ2) is 10.1. The van der Waals surface area contributed by atoms with Crippen LogP contribution in [0.5, 0.6) is 5.75 Å². The van der Waals surface area contributed by atoms with Gasteiger partial charge in [-0.25, -0.2) is 0 Å². The van der Waals surface area contributed by atoms with Crippen LogP contribution >= 0.6 is 0 Å². The lowest BCUT2D eigenvalue weighted by Crippen LogP contribution is -2.36. The summed E-state index contributed by atoms with van der Waals surface area (Å²) >= 11 is 0. The normalized spacial score (nSPS) is 18.7. The molecule has 2 aromatic carbocycles. The van der Waals surface area contributed by atoms with E-state index in [1.54, 1.807) is 7.11 Å². The quantitative estimate of drug-likeness (QED) is 0.741. The summed E-state index contributed by atoms with van der Waals surface area (Å²) in [5.74, 6) is 0.919. The number of methoxy groups -OCH3 is 1. The molecule has 0 saturated carbocycles. The van der Waals surface area contributed by atoms with Crippen LogP contribution in [-0.4, -0.2) is 57.9 Å². The highest BCUT2D eigenvalue weighted by atomic mass is 16.5. The minimum absolute atomic E-state index is 0.413. The fraction of sp³-hybridized carbons (Fsp3) is 0.500. The zero-order valence-electron chi connectivity index (χ0n) is 17.5. The Hall–Kier alpha value is -2.08. The van der Waals surface area contributed by atoms with Gasteiger partial charge in [0.15, 0.2) is 0 Å². The molecule has 0 aliphatic carbocycles. The first-order valence-corrected chi connectivity index (χ1v) is 10.8. The first kappa shape index (κ1) is 20.2. The van der Waals surface area contributed by atoms with E-state index in [0.29, 0.717) is 6.04 Å². The van der Waals surface area contributed by atoms with Gasteiger partial charge >= 0.3 is 0 Å². The summed E-state index contributed by atoms with van der Waals surface area (Å²) in [5.41, 5.74) is 3.99. The molecular weight excluding hydrogens is 362 g/mol. The third-order valence-corrected chi connectivity index (χ3v) is 6.06. The van der Waals surface area contributed by atoms with E-state index in [-0.39, 0.29) is 0 Å². The molecule has 0 amide bonds. The van der Waals surface area contributed by atoms with Gasteiger partial charge in [0, 0.05) is 37.9 Å². The molecule has 4 rings (SSSR count). The fourth-order valence-corrected chi connectivity index (χ4v) is 4.34. The fourth-order valence-electron chi connectivity index (χ4n) is 4.34. The SMILES string of the molecule is COc1ccc([C@H](CNCc2ccc(N3CCOCC3)cc2)N2CCCC2)cc1.